The molecule has 2 aromatic rings. The van der Waals surface area contributed by atoms with Crippen LogP contribution in [0.1, 0.15) is 30.1 Å². The van der Waals surface area contributed by atoms with Crippen LogP contribution >= 0.6 is 0 Å². The Bertz CT molecular complexity index is 1060. The van der Waals surface area contributed by atoms with E-state index < -0.39 is 0 Å². The third-order valence-corrected chi connectivity index (χ3v) is 6.14. The van der Waals surface area contributed by atoms with Crippen LogP contribution in [-0.2, 0) is 0 Å². The van der Waals surface area contributed by atoms with Crippen LogP contribution in [0.4, 0.5) is 0 Å². The molecule has 4 unspecified atom stereocenters. The van der Waals surface area contributed by atoms with Gasteiger partial charge in [0.25, 0.3) is 0 Å². The molecule has 0 amide bonds. The molecule has 6 rings (SSSR count). The van der Waals surface area contributed by atoms with Gasteiger partial charge in [-0.05, 0) is 43.4 Å². The molecule has 2 saturated carbocycles. The SMILES string of the molecule is Cc1ccc(-c2nc(C3=CC4CC4C=C3)nc(C3=CC=CC4CC34)n2)cc1. The standard InChI is InChI=1S/C24H21N3/c1-14-5-7-15(8-6-14)22-25-23(18-10-9-16-11-19(16)12-18)27-24(26-22)20-4-2-3-17-13-21(17)20/h2-10,12,16-17,19,21H,11,13H2,1H3. The Morgan fingerprint density at radius 1 is 0.815 bits per heavy atom. The number of nitrogens with zero attached hydrogens (tertiary/aromatic N) is 3. The lowest BCUT2D eigenvalue weighted by Gasteiger charge is -2.13. The Morgan fingerprint density at radius 3 is 2.48 bits per heavy atom. The Kier molecular flexibility index (Phi) is 3.16. The van der Waals surface area contributed by atoms with Crippen LogP contribution in [0.5, 0.6) is 0 Å². The molecule has 0 bridgehead atoms. The Morgan fingerprint density at radius 2 is 1.63 bits per heavy atom. The molecule has 4 aliphatic rings. The molecular weight excluding hydrogens is 330 g/mol. The Labute approximate surface area is 159 Å². The predicted molar refractivity (Wildman–Crippen MR) is 107 cm³/mol. The summed E-state index contributed by atoms with van der Waals surface area (Å²) in [7, 11) is 0. The van der Waals surface area contributed by atoms with E-state index >= 15 is 0 Å². The highest BCUT2D eigenvalue weighted by atomic mass is 15.0. The van der Waals surface area contributed by atoms with E-state index in [1.54, 1.807) is 0 Å². The zero-order valence-electron chi connectivity index (χ0n) is 15.3. The van der Waals surface area contributed by atoms with Crippen molar-refractivity contribution in [1.29, 1.82) is 0 Å². The van der Waals surface area contributed by atoms with Gasteiger partial charge in [0.05, 0.1) is 0 Å². The van der Waals surface area contributed by atoms with Crippen molar-refractivity contribution in [2.75, 3.05) is 0 Å². The van der Waals surface area contributed by atoms with Gasteiger partial charge in [0.15, 0.2) is 17.5 Å². The van der Waals surface area contributed by atoms with Gasteiger partial charge < -0.3 is 0 Å². The van der Waals surface area contributed by atoms with Crippen LogP contribution in [-0.4, -0.2) is 15.0 Å². The number of rotatable bonds is 3. The number of aryl methyl sites for hydroxylation is 1. The fourth-order valence-corrected chi connectivity index (χ4v) is 4.23. The first kappa shape index (κ1) is 15.3. The van der Waals surface area contributed by atoms with Crippen molar-refractivity contribution < 1.29 is 0 Å². The second kappa shape index (κ2) is 5.59. The molecule has 0 spiro atoms. The van der Waals surface area contributed by atoms with Gasteiger partial charge >= 0.3 is 0 Å². The lowest BCUT2D eigenvalue weighted by atomic mass is 10.0. The molecule has 1 aromatic carbocycles. The molecular formula is C24H21N3. The lowest BCUT2D eigenvalue weighted by Crippen LogP contribution is -2.07. The Balaban J connectivity index is 1.49. The zero-order chi connectivity index (χ0) is 18.0. The summed E-state index contributed by atoms with van der Waals surface area (Å²) < 4.78 is 0. The van der Waals surface area contributed by atoms with Crippen LogP contribution in [0.15, 0.2) is 60.7 Å². The highest BCUT2D eigenvalue weighted by Gasteiger charge is 2.41. The summed E-state index contributed by atoms with van der Waals surface area (Å²) >= 11 is 0. The predicted octanol–water partition coefficient (Wildman–Crippen LogP) is 5.03. The number of aromatic nitrogens is 3. The summed E-state index contributed by atoms with van der Waals surface area (Å²) in [4.78, 5) is 14.6. The van der Waals surface area contributed by atoms with E-state index in [0.29, 0.717) is 17.8 Å². The first-order chi connectivity index (χ1) is 13.2. The van der Waals surface area contributed by atoms with E-state index in [4.69, 9.17) is 15.0 Å². The third kappa shape index (κ3) is 2.69. The molecule has 3 nitrogen and oxygen atoms in total. The van der Waals surface area contributed by atoms with E-state index in [-0.39, 0.29) is 0 Å². The summed E-state index contributed by atoms with van der Waals surface area (Å²) in [5.74, 6) is 5.11. The monoisotopic (exact) mass is 351 g/mol. The summed E-state index contributed by atoms with van der Waals surface area (Å²) in [6.45, 7) is 2.10. The third-order valence-electron chi connectivity index (χ3n) is 6.14. The highest BCUT2D eigenvalue weighted by Crippen LogP contribution is 2.50. The summed E-state index contributed by atoms with van der Waals surface area (Å²) in [5, 5.41) is 0. The van der Waals surface area contributed by atoms with Crippen molar-refractivity contribution in [3.8, 4) is 11.4 Å². The quantitative estimate of drug-likeness (QED) is 0.779. The normalized spacial score (nSPS) is 29.5. The molecule has 0 N–H and O–H groups in total. The van der Waals surface area contributed by atoms with E-state index in [1.165, 1.54) is 24.0 Å². The van der Waals surface area contributed by atoms with Gasteiger partial charge in [-0.2, -0.15) is 0 Å². The van der Waals surface area contributed by atoms with Gasteiger partial charge in [0.1, 0.15) is 0 Å². The average Bonchev–Trinajstić information content (AvgIpc) is 3.61. The molecule has 0 saturated heterocycles. The molecule has 0 radical (unpaired) electrons. The fraction of sp³-hybridized carbons (Fsp3) is 0.292. The van der Waals surface area contributed by atoms with Crippen molar-refractivity contribution in [3.05, 3.63) is 77.9 Å². The molecule has 3 heteroatoms. The first-order valence-corrected chi connectivity index (χ1v) is 9.87. The minimum atomic E-state index is 0.583. The minimum Gasteiger partial charge on any atom is -0.209 e. The number of benzene rings is 1. The molecule has 1 aromatic heterocycles. The van der Waals surface area contributed by atoms with E-state index in [0.717, 1.165) is 34.5 Å². The largest absolute Gasteiger partial charge is 0.209 e. The van der Waals surface area contributed by atoms with Crippen molar-refractivity contribution in [2.45, 2.75) is 19.8 Å². The fourth-order valence-electron chi connectivity index (χ4n) is 4.23. The summed E-state index contributed by atoms with van der Waals surface area (Å²) in [6, 6.07) is 8.45. The Hall–Kier alpha value is -2.81. The molecule has 132 valence electrons. The van der Waals surface area contributed by atoms with E-state index in [1.807, 2.05) is 0 Å². The van der Waals surface area contributed by atoms with Gasteiger partial charge in [-0.25, -0.2) is 15.0 Å². The molecule has 2 fully saturated rings. The molecule has 27 heavy (non-hydrogen) atoms. The van der Waals surface area contributed by atoms with E-state index in [9.17, 15) is 0 Å². The minimum absolute atomic E-state index is 0.583. The maximum atomic E-state index is 4.91. The van der Waals surface area contributed by atoms with Crippen molar-refractivity contribution in [3.63, 3.8) is 0 Å². The smallest absolute Gasteiger partial charge is 0.164 e. The summed E-state index contributed by atoms with van der Waals surface area (Å²) in [5.41, 5.74) is 4.70. The van der Waals surface area contributed by atoms with Crippen LogP contribution in [0.3, 0.4) is 0 Å². The van der Waals surface area contributed by atoms with Gasteiger partial charge in [-0.15, -0.1) is 0 Å². The molecule has 1 heterocycles. The van der Waals surface area contributed by atoms with Crippen LogP contribution in [0, 0.1) is 30.6 Å². The molecule has 4 aliphatic carbocycles. The van der Waals surface area contributed by atoms with Crippen LogP contribution in [0.25, 0.3) is 22.5 Å². The number of fused-ring (bicyclic) bond motifs is 2. The van der Waals surface area contributed by atoms with Gasteiger partial charge in [-0.1, -0.05) is 66.3 Å². The summed E-state index contributed by atoms with van der Waals surface area (Å²) in [6.07, 6.45) is 16.0. The van der Waals surface area contributed by atoms with Crippen LogP contribution in [0.2, 0.25) is 0 Å². The topological polar surface area (TPSA) is 38.7 Å². The average molecular weight is 351 g/mol. The lowest BCUT2D eigenvalue weighted by molar-refractivity contribution is 0.928. The van der Waals surface area contributed by atoms with Gasteiger partial charge in [-0.3, -0.25) is 0 Å². The number of allylic oxidation sites excluding steroid dienone is 8. The van der Waals surface area contributed by atoms with Crippen molar-refractivity contribution in [2.24, 2.45) is 23.7 Å². The highest BCUT2D eigenvalue weighted by molar-refractivity contribution is 5.76. The zero-order valence-corrected chi connectivity index (χ0v) is 15.3. The second-order valence-electron chi connectivity index (χ2n) is 8.23. The van der Waals surface area contributed by atoms with E-state index in [2.05, 4.69) is 67.6 Å². The first-order valence-electron chi connectivity index (χ1n) is 9.87. The molecule has 0 aliphatic heterocycles. The molecule has 4 atom stereocenters. The van der Waals surface area contributed by atoms with Crippen molar-refractivity contribution >= 4 is 11.1 Å². The number of hydrogen-bond donors (Lipinski definition) is 0. The van der Waals surface area contributed by atoms with Gasteiger partial charge in [0.2, 0.25) is 0 Å². The maximum Gasteiger partial charge on any atom is 0.164 e. The second-order valence-corrected chi connectivity index (χ2v) is 8.23. The van der Waals surface area contributed by atoms with Gasteiger partial charge in [0, 0.05) is 16.7 Å². The maximum absolute atomic E-state index is 4.91. The van der Waals surface area contributed by atoms with Crippen LogP contribution < -0.4 is 0 Å². The van der Waals surface area contributed by atoms with Crippen molar-refractivity contribution in [1.82, 2.24) is 15.0 Å². The number of hydrogen-bond acceptors (Lipinski definition) is 3.